The number of rotatable bonds is 8. The normalized spacial score (nSPS) is 13.0. The number of nitrogens with one attached hydrogen (secondary N) is 1. The zero-order valence-electron chi connectivity index (χ0n) is 13.2. The van der Waals surface area contributed by atoms with Crippen molar-refractivity contribution in [3.63, 3.8) is 0 Å². The number of hydrogen-bond donors (Lipinski definition) is 2. The molecule has 1 aromatic carbocycles. The van der Waals surface area contributed by atoms with E-state index in [1.165, 1.54) is 18.2 Å². The molecule has 2 atom stereocenters. The van der Waals surface area contributed by atoms with Gasteiger partial charge in [0.2, 0.25) is 11.8 Å². The van der Waals surface area contributed by atoms with Gasteiger partial charge in [-0.05, 0) is 30.5 Å². The van der Waals surface area contributed by atoms with Crippen LogP contribution in [0.3, 0.4) is 0 Å². The van der Waals surface area contributed by atoms with Gasteiger partial charge in [0.25, 0.3) is 0 Å². The number of hydrogen-bond acceptors (Lipinski definition) is 4. The van der Waals surface area contributed by atoms with E-state index in [0.29, 0.717) is 5.56 Å². The molecule has 23 heavy (non-hydrogen) atoms. The lowest BCUT2D eigenvalue weighted by Crippen LogP contribution is -2.49. The number of carbonyl (C=O) groups excluding carboxylic acids is 3. The highest BCUT2D eigenvalue weighted by atomic mass is 19.1. The van der Waals surface area contributed by atoms with Crippen molar-refractivity contribution in [3.8, 4) is 0 Å². The van der Waals surface area contributed by atoms with Gasteiger partial charge < -0.3 is 15.8 Å². The quantitative estimate of drug-likeness (QED) is 0.695. The first-order valence-corrected chi connectivity index (χ1v) is 7.32. The van der Waals surface area contributed by atoms with Gasteiger partial charge in [0.15, 0.2) is 0 Å². The molecule has 0 aliphatic heterocycles. The van der Waals surface area contributed by atoms with Crippen molar-refractivity contribution in [1.29, 1.82) is 0 Å². The number of nitrogens with two attached hydrogens (primary N) is 1. The Bertz CT molecular complexity index is 577. The van der Waals surface area contributed by atoms with Crippen molar-refractivity contribution < 1.29 is 23.5 Å². The summed E-state index contributed by atoms with van der Waals surface area (Å²) in [6.45, 7) is 3.53. The topological polar surface area (TPSA) is 98.5 Å². The molecule has 0 spiro atoms. The van der Waals surface area contributed by atoms with E-state index in [4.69, 9.17) is 10.5 Å². The Labute approximate surface area is 134 Å². The highest BCUT2D eigenvalue weighted by molar-refractivity contribution is 5.88. The van der Waals surface area contributed by atoms with Crippen molar-refractivity contribution in [2.75, 3.05) is 6.61 Å². The average Bonchev–Trinajstić information content (AvgIpc) is 2.44. The number of amides is 2. The summed E-state index contributed by atoms with van der Waals surface area (Å²) in [6.07, 6.45) is -0.130. The summed E-state index contributed by atoms with van der Waals surface area (Å²) in [6, 6.07) is 4.60. The minimum absolute atomic E-state index is 0.0400. The maximum absolute atomic E-state index is 13.1. The Kier molecular flexibility index (Phi) is 7.18. The Morgan fingerprint density at radius 1 is 1.35 bits per heavy atom. The van der Waals surface area contributed by atoms with Gasteiger partial charge in [-0.25, -0.2) is 4.39 Å². The second kappa shape index (κ2) is 8.87. The predicted molar refractivity (Wildman–Crippen MR) is 81.6 cm³/mol. The van der Waals surface area contributed by atoms with Crippen LogP contribution in [0.1, 0.15) is 25.8 Å². The molecule has 0 aliphatic rings. The summed E-state index contributed by atoms with van der Waals surface area (Å²) in [5, 5.41) is 2.49. The summed E-state index contributed by atoms with van der Waals surface area (Å²) in [4.78, 5) is 35.0. The van der Waals surface area contributed by atoms with Crippen molar-refractivity contribution >= 4 is 17.8 Å². The second-order valence-corrected chi connectivity index (χ2v) is 5.24. The number of benzene rings is 1. The maximum atomic E-state index is 13.1. The molecule has 0 fully saturated rings. The van der Waals surface area contributed by atoms with E-state index in [1.807, 2.05) is 0 Å². The number of halogens is 1. The van der Waals surface area contributed by atoms with Crippen LogP contribution in [0.4, 0.5) is 4.39 Å². The molecule has 3 N–H and O–H groups in total. The predicted octanol–water partition coefficient (Wildman–Crippen LogP) is 0.928. The van der Waals surface area contributed by atoms with Gasteiger partial charge in [0.1, 0.15) is 11.9 Å². The summed E-state index contributed by atoms with van der Waals surface area (Å²) in [7, 11) is 0. The number of carbonyl (C=O) groups is 3. The summed E-state index contributed by atoms with van der Waals surface area (Å²) < 4.78 is 17.9. The minimum atomic E-state index is -1.000. The van der Waals surface area contributed by atoms with E-state index in [0.717, 1.165) is 0 Å². The first-order valence-electron chi connectivity index (χ1n) is 7.32. The van der Waals surface area contributed by atoms with Crippen molar-refractivity contribution in [2.24, 2.45) is 11.7 Å². The zero-order chi connectivity index (χ0) is 17.4. The SMILES string of the molecule is CCOC(=O)C[C@H](C)[C@H](NC(=O)Cc1cccc(F)c1)C(N)=O. The standard InChI is InChI=1S/C16H21FN2O4/c1-3-23-14(21)7-10(2)15(16(18)22)19-13(20)9-11-5-4-6-12(17)8-11/h4-6,8,10,15H,3,7,9H2,1-2H3,(H2,18,22)(H,19,20)/t10-,15-/m0/s1. The monoisotopic (exact) mass is 324 g/mol. The molecule has 0 unspecified atom stereocenters. The first kappa shape index (κ1) is 18.6. The van der Waals surface area contributed by atoms with Gasteiger partial charge in [-0.3, -0.25) is 14.4 Å². The molecular weight excluding hydrogens is 303 g/mol. The molecule has 7 heteroatoms. The Hall–Kier alpha value is -2.44. The van der Waals surface area contributed by atoms with Crippen molar-refractivity contribution in [3.05, 3.63) is 35.6 Å². The van der Waals surface area contributed by atoms with Crippen LogP contribution >= 0.6 is 0 Å². The molecule has 6 nitrogen and oxygen atoms in total. The lowest BCUT2D eigenvalue weighted by Gasteiger charge is -2.21. The van der Waals surface area contributed by atoms with Gasteiger partial charge in [-0.15, -0.1) is 0 Å². The van der Waals surface area contributed by atoms with E-state index in [1.54, 1.807) is 19.9 Å². The van der Waals surface area contributed by atoms with Gasteiger partial charge in [-0.1, -0.05) is 19.1 Å². The Balaban J connectivity index is 2.66. The molecule has 1 rings (SSSR count). The zero-order valence-corrected chi connectivity index (χ0v) is 13.2. The van der Waals surface area contributed by atoms with Crippen LogP contribution in [0.2, 0.25) is 0 Å². The summed E-state index contributed by atoms with van der Waals surface area (Å²) >= 11 is 0. The molecule has 0 heterocycles. The molecule has 1 aromatic rings. The molecule has 0 radical (unpaired) electrons. The molecule has 0 aliphatic carbocycles. The smallest absolute Gasteiger partial charge is 0.306 e. The van der Waals surface area contributed by atoms with Crippen LogP contribution in [0.15, 0.2) is 24.3 Å². The molecule has 2 amide bonds. The fourth-order valence-electron chi connectivity index (χ4n) is 2.15. The Morgan fingerprint density at radius 2 is 2.04 bits per heavy atom. The van der Waals surface area contributed by atoms with Crippen LogP contribution in [-0.4, -0.2) is 30.4 Å². The van der Waals surface area contributed by atoms with Crippen molar-refractivity contribution in [1.82, 2.24) is 5.32 Å². The third-order valence-corrected chi connectivity index (χ3v) is 3.24. The van der Waals surface area contributed by atoms with Crippen LogP contribution < -0.4 is 11.1 Å². The highest BCUT2D eigenvalue weighted by Gasteiger charge is 2.27. The molecule has 0 saturated carbocycles. The van der Waals surface area contributed by atoms with Crippen LogP contribution in [0.25, 0.3) is 0 Å². The number of esters is 1. The lowest BCUT2D eigenvalue weighted by atomic mass is 9.97. The maximum Gasteiger partial charge on any atom is 0.306 e. The van der Waals surface area contributed by atoms with E-state index < -0.39 is 35.6 Å². The average molecular weight is 324 g/mol. The van der Waals surface area contributed by atoms with Gasteiger partial charge >= 0.3 is 5.97 Å². The van der Waals surface area contributed by atoms with E-state index in [-0.39, 0.29) is 19.4 Å². The summed E-state index contributed by atoms with van der Waals surface area (Å²) in [5.41, 5.74) is 5.76. The Morgan fingerprint density at radius 3 is 2.61 bits per heavy atom. The fraction of sp³-hybridized carbons (Fsp3) is 0.438. The lowest BCUT2D eigenvalue weighted by molar-refractivity contribution is -0.144. The first-order chi connectivity index (χ1) is 10.8. The molecular formula is C16H21FN2O4. The third-order valence-electron chi connectivity index (χ3n) is 3.24. The largest absolute Gasteiger partial charge is 0.466 e. The van der Waals surface area contributed by atoms with Gasteiger partial charge in [-0.2, -0.15) is 0 Å². The third kappa shape index (κ3) is 6.46. The van der Waals surface area contributed by atoms with E-state index in [9.17, 15) is 18.8 Å². The van der Waals surface area contributed by atoms with Crippen LogP contribution in [0.5, 0.6) is 0 Å². The molecule has 0 aromatic heterocycles. The minimum Gasteiger partial charge on any atom is -0.466 e. The highest BCUT2D eigenvalue weighted by Crippen LogP contribution is 2.11. The summed E-state index contributed by atoms with van der Waals surface area (Å²) in [5.74, 6) is -2.64. The second-order valence-electron chi connectivity index (χ2n) is 5.24. The van der Waals surface area contributed by atoms with Gasteiger partial charge in [0, 0.05) is 0 Å². The fourth-order valence-corrected chi connectivity index (χ4v) is 2.15. The molecule has 0 bridgehead atoms. The molecule has 126 valence electrons. The van der Waals surface area contributed by atoms with E-state index >= 15 is 0 Å². The van der Waals surface area contributed by atoms with Crippen LogP contribution in [0, 0.1) is 11.7 Å². The molecule has 0 saturated heterocycles. The van der Waals surface area contributed by atoms with Gasteiger partial charge in [0.05, 0.1) is 19.4 Å². The van der Waals surface area contributed by atoms with Crippen molar-refractivity contribution in [2.45, 2.75) is 32.7 Å². The number of primary amides is 1. The van der Waals surface area contributed by atoms with Crippen LogP contribution in [-0.2, 0) is 25.5 Å². The number of ether oxygens (including phenoxy) is 1. The van der Waals surface area contributed by atoms with E-state index in [2.05, 4.69) is 5.32 Å².